The van der Waals surface area contributed by atoms with Gasteiger partial charge in [-0.3, -0.25) is 14.9 Å². The molecule has 8 heteroatoms. The van der Waals surface area contributed by atoms with Crippen molar-refractivity contribution < 1.29 is 19.2 Å². The minimum absolute atomic E-state index is 0.0804. The summed E-state index contributed by atoms with van der Waals surface area (Å²) in [6.07, 6.45) is 0. The smallest absolute Gasteiger partial charge is 0.337 e. The van der Waals surface area contributed by atoms with Gasteiger partial charge in [0.1, 0.15) is 5.69 Å². The summed E-state index contributed by atoms with van der Waals surface area (Å²) in [7, 11) is 1.31. The van der Waals surface area contributed by atoms with Crippen molar-refractivity contribution >= 4 is 28.9 Å². The average Bonchev–Trinajstić information content (AvgIpc) is 2.63. The number of hydrogen-bond acceptors (Lipinski definition) is 6. The van der Waals surface area contributed by atoms with E-state index >= 15 is 0 Å². The standard InChI is InChI=1S/C19H21N3O5/c1-11-5-8-16(22(25)26)18(13(11)3)21-17(23)10-20-15-7-6-14(9-12(15)2)19(24)27-4/h5-9,20H,10H2,1-4H3,(H,21,23). The molecule has 0 bridgehead atoms. The van der Waals surface area contributed by atoms with Crippen LogP contribution in [0.15, 0.2) is 30.3 Å². The molecule has 27 heavy (non-hydrogen) atoms. The van der Waals surface area contributed by atoms with Gasteiger partial charge in [0, 0.05) is 11.8 Å². The lowest BCUT2D eigenvalue weighted by molar-refractivity contribution is -0.384. The zero-order chi connectivity index (χ0) is 20.1. The first-order chi connectivity index (χ1) is 12.7. The topological polar surface area (TPSA) is 111 Å². The number of nitro groups is 1. The van der Waals surface area contributed by atoms with E-state index < -0.39 is 16.8 Å². The molecule has 2 N–H and O–H groups in total. The first-order valence-corrected chi connectivity index (χ1v) is 8.22. The van der Waals surface area contributed by atoms with Crippen LogP contribution in [0.3, 0.4) is 0 Å². The van der Waals surface area contributed by atoms with Gasteiger partial charge in [-0.15, -0.1) is 0 Å². The number of ether oxygens (including phenoxy) is 1. The summed E-state index contributed by atoms with van der Waals surface area (Å²) >= 11 is 0. The Morgan fingerprint density at radius 2 is 1.81 bits per heavy atom. The van der Waals surface area contributed by atoms with Crippen molar-refractivity contribution in [1.29, 1.82) is 0 Å². The minimum atomic E-state index is -0.523. The van der Waals surface area contributed by atoms with Gasteiger partial charge < -0.3 is 15.4 Å². The molecule has 2 aromatic carbocycles. The van der Waals surface area contributed by atoms with E-state index in [0.29, 0.717) is 16.8 Å². The van der Waals surface area contributed by atoms with Crippen LogP contribution < -0.4 is 10.6 Å². The lowest BCUT2D eigenvalue weighted by atomic mass is 10.1. The average molecular weight is 371 g/mol. The summed E-state index contributed by atoms with van der Waals surface area (Å²) in [5, 5.41) is 16.8. The predicted octanol–water partition coefficient (Wildman–Crippen LogP) is 3.36. The fraction of sp³-hybridized carbons (Fsp3) is 0.263. The lowest BCUT2D eigenvalue weighted by Gasteiger charge is -2.13. The molecule has 8 nitrogen and oxygen atoms in total. The zero-order valence-corrected chi connectivity index (χ0v) is 15.6. The highest BCUT2D eigenvalue weighted by atomic mass is 16.6. The van der Waals surface area contributed by atoms with Crippen molar-refractivity contribution in [3.05, 3.63) is 62.7 Å². The molecule has 0 aliphatic heterocycles. The number of aryl methyl sites for hydroxylation is 2. The number of carbonyl (C=O) groups is 2. The highest BCUT2D eigenvalue weighted by molar-refractivity contribution is 5.97. The molecule has 0 saturated heterocycles. The van der Waals surface area contributed by atoms with Crippen LogP contribution in [-0.2, 0) is 9.53 Å². The molecule has 0 radical (unpaired) electrons. The molecule has 0 aliphatic rings. The van der Waals surface area contributed by atoms with Crippen molar-refractivity contribution in [2.75, 3.05) is 24.3 Å². The summed E-state index contributed by atoms with van der Waals surface area (Å²) in [5.41, 5.74) is 3.40. The summed E-state index contributed by atoms with van der Waals surface area (Å²) in [6.45, 7) is 5.26. The third kappa shape index (κ3) is 4.60. The van der Waals surface area contributed by atoms with Gasteiger partial charge in [0.25, 0.3) is 5.69 Å². The van der Waals surface area contributed by atoms with Crippen LogP contribution in [0, 0.1) is 30.9 Å². The van der Waals surface area contributed by atoms with Crippen LogP contribution in [0.5, 0.6) is 0 Å². The maximum atomic E-state index is 12.3. The summed E-state index contributed by atoms with van der Waals surface area (Å²) < 4.78 is 4.67. The number of nitrogens with one attached hydrogen (secondary N) is 2. The second-order valence-corrected chi connectivity index (χ2v) is 6.08. The number of esters is 1. The quantitative estimate of drug-likeness (QED) is 0.458. The van der Waals surface area contributed by atoms with Crippen LogP contribution in [0.2, 0.25) is 0 Å². The van der Waals surface area contributed by atoms with E-state index in [1.807, 2.05) is 6.92 Å². The Balaban J connectivity index is 2.11. The van der Waals surface area contributed by atoms with Gasteiger partial charge >= 0.3 is 5.97 Å². The number of nitro benzene ring substituents is 1. The Kier molecular flexibility index (Phi) is 6.12. The third-order valence-corrected chi connectivity index (χ3v) is 4.26. The minimum Gasteiger partial charge on any atom is -0.465 e. The van der Waals surface area contributed by atoms with Crippen molar-refractivity contribution in [3.63, 3.8) is 0 Å². The molecule has 2 aromatic rings. The molecule has 0 heterocycles. The maximum absolute atomic E-state index is 12.3. The predicted molar refractivity (Wildman–Crippen MR) is 102 cm³/mol. The fourth-order valence-corrected chi connectivity index (χ4v) is 2.58. The molecule has 142 valence electrons. The molecule has 0 saturated carbocycles. The summed E-state index contributed by atoms with van der Waals surface area (Å²) in [4.78, 5) is 34.5. The van der Waals surface area contributed by atoms with Crippen LogP contribution >= 0.6 is 0 Å². The summed E-state index contributed by atoms with van der Waals surface area (Å²) in [6, 6.07) is 7.94. The Hall–Kier alpha value is -3.42. The number of hydrogen-bond donors (Lipinski definition) is 2. The highest BCUT2D eigenvalue weighted by Crippen LogP contribution is 2.30. The van der Waals surface area contributed by atoms with Crippen molar-refractivity contribution in [2.24, 2.45) is 0 Å². The number of benzene rings is 2. The number of methoxy groups -OCH3 is 1. The molecule has 0 aliphatic carbocycles. The van der Waals surface area contributed by atoms with Crippen LogP contribution in [0.4, 0.5) is 17.1 Å². The molecule has 0 aromatic heterocycles. The van der Waals surface area contributed by atoms with E-state index in [4.69, 9.17) is 0 Å². The van der Waals surface area contributed by atoms with E-state index in [0.717, 1.165) is 11.1 Å². The molecule has 2 rings (SSSR count). The maximum Gasteiger partial charge on any atom is 0.337 e. The van der Waals surface area contributed by atoms with Gasteiger partial charge in [-0.25, -0.2) is 4.79 Å². The summed E-state index contributed by atoms with van der Waals surface area (Å²) in [5.74, 6) is -0.854. The van der Waals surface area contributed by atoms with Crippen LogP contribution in [-0.4, -0.2) is 30.5 Å². The Morgan fingerprint density at radius 1 is 1.11 bits per heavy atom. The van der Waals surface area contributed by atoms with Crippen molar-refractivity contribution in [1.82, 2.24) is 0 Å². The molecule has 0 fully saturated rings. The normalized spacial score (nSPS) is 10.2. The molecule has 0 unspecified atom stereocenters. The van der Waals surface area contributed by atoms with E-state index in [1.165, 1.54) is 13.2 Å². The van der Waals surface area contributed by atoms with Gasteiger partial charge in [0.2, 0.25) is 5.91 Å². The second-order valence-electron chi connectivity index (χ2n) is 6.08. The molecule has 0 spiro atoms. The SMILES string of the molecule is COC(=O)c1ccc(NCC(=O)Nc2c([N+](=O)[O-])ccc(C)c2C)c(C)c1. The van der Waals surface area contributed by atoms with Crippen LogP contribution in [0.1, 0.15) is 27.0 Å². The Morgan fingerprint density at radius 3 is 2.41 bits per heavy atom. The van der Waals surface area contributed by atoms with Crippen molar-refractivity contribution in [2.45, 2.75) is 20.8 Å². The highest BCUT2D eigenvalue weighted by Gasteiger charge is 2.19. The van der Waals surface area contributed by atoms with Gasteiger partial charge in [-0.05, 0) is 55.7 Å². The van der Waals surface area contributed by atoms with Gasteiger partial charge in [0.05, 0.1) is 24.1 Å². The van der Waals surface area contributed by atoms with Crippen molar-refractivity contribution in [3.8, 4) is 0 Å². The number of carbonyl (C=O) groups excluding carboxylic acids is 2. The number of anilines is 2. The molecular formula is C19H21N3O5. The Labute approximate surface area is 156 Å². The van der Waals surface area contributed by atoms with Gasteiger partial charge in [0.15, 0.2) is 0 Å². The van der Waals surface area contributed by atoms with E-state index in [1.54, 1.807) is 38.1 Å². The first-order valence-electron chi connectivity index (χ1n) is 8.22. The van der Waals surface area contributed by atoms with Crippen LogP contribution in [0.25, 0.3) is 0 Å². The fourth-order valence-electron chi connectivity index (χ4n) is 2.58. The lowest BCUT2D eigenvalue weighted by Crippen LogP contribution is -2.23. The van der Waals surface area contributed by atoms with E-state index in [9.17, 15) is 19.7 Å². The zero-order valence-electron chi connectivity index (χ0n) is 15.6. The number of amides is 1. The first kappa shape index (κ1) is 19.9. The van der Waals surface area contributed by atoms with E-state index in [-0.39, 0.29) is 17.9 Å². The van der Waals surface area contributed by atoms with E-state index in [2.05, 4.69) is 15.4 Å². The molecule has 1 amide bonds. The largest absolute Gasteiger partial charge is 0.465 e. The molecule has 0 atom stereocenters. The number of rotatable bonds is 6. The third-order valence-electron chi connectivity index (χ3n) is 4.26. The number of nitrogens with zero attached hydrogens (tertiary/aromatic N) is 1. The Bertz CT molecular complexity index is 908. The second kappa shape index (κ2) is 8.31. The monoisotopic (exact) mass is 371 g/mol. The molecular weight excluding hydrogens is 350 g/mol. The van der Waals surface area contributed by atoms with Gasteiger partial charge in [-0.2, -0.15) is 0 Å². The van der Waals surface area contributed by atoms with Gasteiger partial charge in [-0.1, -0.05) is 6.07 Å².